The second-order valence-electron chi connectivity index (χ2n) is 5.47. The summed E-state index contributed by atoms with van der Waals surface area (Å²) in [6, 6.07) is 13.1. The lowest BCUT2D eigenvalue weighted by Gasteiger charge is -2.19. The maximum atomic E-state index is 5.50. The lowest BCUT2D eigenvalue weighted by atomic mass is 9.95. The molecule has 3 heteroatoms. The van der Waals surface area contributed by atoms with Gasteiger partial charge in [0, 0.05) is 0 Å². The van der Waals surface area contributed by atoms with Gasteiger partial charge in [-0.1, -0.05) is 30.3 Å². The summed E-state index contributed by atoms with van der Waals surface area (Å²) in [6.07, 6.45) is 0. The molecule has 1 aliphatic rings. The molecule has 0 aromatic heterocycles. The van der Waals surface area contributed by atoms with E-state index in [-0.39, 0.29) is 6.04 Å². The molecule has 0 saturated carbocycles. The highest BCUT2D eigenvalue weighted by molar-refractivity contribution is 5.43. The molecule has 1 unspecified atom stereocenters. The summed E-state index contributed by atoms with van der Waals surface area (Å²) in [4.78, 5) is 0. The topological polar surface area (TPSA) is 30.5 Å². The molecule has 3 nitrogen and oxygen atoms in total. The predicted octanol–water partition coefficient (Wildman–Crippen LogP) is 3.34. The highest BCUT2D eigenvalue weighted by atomic mass is 16.5. The van der Waals surface area contributed by atoms with Crippen LogP contribution in [0.15, 0.2) is 36.4 Å². The summed E-state index contributed by atoms with van der Waals surface area (Å²) in [5, 5.41) is 3.40. The van der Waals surface area contributed by atoms with Gasteiger partial charge in [0.2, 0.25) is 0 Å². The number of hydrogen-bond donors (Lipinski definition) is 1. The number of benzene rings is 2. The summed E-state index contributed by atoms with van der Waals surface area (Å²) in [6.45, 7) is 3.51. The van der Waals surface area contributed by atoms with E-state index in [1.807, 2.05) is 7.05 Å². The minimum atomic E-state index is 0.158. The van der Waals surface area contributed by atoms with E-state index in [1.165, 1.54) is 22.3 Å². The van der Waals surface area contributed by atoms with Crippen LogP contribution in [0, 0.1) is 6.92 Å². The molecule has 0 aliphatic carbocycles. The standard InChI is InChI=1S/C18H21NO2/c1-12-4-5-14(9-17(12)20-3)18(19-2)13-6-7-15-10-21-11-16(15)8-13/h4-9,18-19H,10-11H2,1-3H3. The third-order valence-electron chi connectivity index (χ3n) is 4.13. The second kappa shape index (κ2) is 5.88. The van der Waals surface area contributed by atoms with Crippen molar-refractivity contribution in [2.24, 2.45) is 0 Å². The Morgan fingerprint density at radius 3 is 2.52 bits per heavy atom. The highest BCUT2D eigenvalue weighted by Gasteiger charge is 2.17. The highest BCUT2D eigenvalue weighted by Crippen LogP contribution is 2.30. The molecule has 3 rings (SSSR count). The predicted molar refractivity (Wildman–Crippen MR) is 83.6 cm³/mol. The van der Waals surface area contributed by atoms with E-state index < -0.39 is 0 Å². The number of ether oxygens (including phenoxy) is 2. The van der Waals surface area contributed by atoms with Gasteiger partial charge in [0.25, 0.3) is 0 Å². The van der Waals surface area contributed by atoms with Gasteiger partial charge < -0.3 is 14.8 Å². The fraction of sp³-hybridized carbons (Fsp3) is 0.333. The fourth-order valence-corrected chi connectivity index (χ4v) is 2.91. The molecule has 1 aliphatic heterocycles. The number of rotatable bonds is 4. The summed E-state index contributed by atoms with van der Waals surface area (Å²) < 4.78 is 10.9. The average molecular weight is 283 g/mol. The van der Waals surface area contributed by atoms with E-state index in [0.717, 1.165) is 24.5 Å². The first kappa shape index (κ1) is 14.1. The first-order valence-electron chi connectivity index (χ1n) is 7.24. The minimum Gasteiger partial charge on any atom is -0.496 e. The van der Waals surface area contributed by atoms with Crippen LogP contribution in [0.3, 0.4) is 0 Å². The van der Waals surface area contributed by atoms with Crippen LogP contribution < -0.4 is 10.1 Å². The molecule has 0 fully saturated rings. The zero-order chi connectivity index (χ0) is 14.8. The molecular weight excluding hydrogens is 262 g/mol. The van der Waals surface area contributed by atoms with Gasteiger partial charge in [0.1, 0.15) is 5.75 Å². The zero-order valence-electron chi connectivity index (χ0n) is 12.8. The van der Waals surface area contributed by atoms with Crippen molar-refractivity contribution in [1.82, 2.24) is 5.32 Å². The Labute approximate surface area is 125 Å². The van der Waals surface area contributed by atoms with Crippen LogP contribution in [-0.2, 0) is 18.0 Å². The Kier molecular flexibility index (Phi) is 3.95. The number of aryl methyl sites for hydroxylation is 1. The Bertz CT molecular complexity index is 641. The van der Waals surface area contributed by atoms with Gasteiger partial charge in [-0.25, -0.2) is 0 Å². The Hall–Kier alpha value is -1.84. The minimum absolute atomic E-state index is 0.158. The number of hydrogen-bond acceptors (Lipinski definition) is 3. The monoisotopic (exact) mass is 283 g/mol. The lowest BCUT2D eigenvalue weighted by molar-refractivity contribution is 0.134. The van der Waals surface area contributed by atoms with Crippen molar-refractivity contribution in [2.45, 2.75) is 26.2 Å². The average Bonchev–Trinajstić information content (AvgIpc) is 2.97. The molecule has 2 aromatic carbocycles. The van der Waals surface area contributed by atoms with E-state index in [1.54, 1.807) is 7.11 Å². The fourth-order valence-electron chi connectivity index (χ4n) is 2.91. The van der Waals surface area contributed by atoms with Gasteiger partial charge in [0.05, 0.1) is 26.4 Å². The van der Waals surface area contributed by atoms with Crippen LogP contribution in [0.5, 0.6) is 5.75 Å². The second-order valence-corrected chi connectivity index (χ2v) is 5.47. The van der Waals surface area contributed by atoms with Crippen LogP contribution in [0.4, 0.5) is 0 Å². The van der Waals surface area contributed by atoms with E-state index in [4.69, 9.17) is 9.47 Å². The molecule has 0 radical (unpaired) electrons. The zero-order valence-corrected chi connectivity index (χ0v) is 12.8. The molecular formula is C18H21NO2. The van der Waals surface area contributed by atoms with Crippen molar-refractivity contribution in [3.8, 4) is 5.75 Å². The van der Waals surface area contributed by atoms with Crippen molar-refractivity contribution in [2.75, 3.05) is 14.2 Å². The molecule has 1 heterocycles. The normalized spacial score (nSPS) is 14.8. The summed E-state index contributed by atoms with van der Waals surface area (Å²) in [7, 11) is 3.70. The van der Waals surface area contributed by atoms with E-state index in [0.29, 0.717) is 0 Å². The SMILES string of the molecule is CNC(c1ccc2c(c1)COC2)c1ccc(C)c(OC)c1. The van der Waals surface area contributed by atoms with Gasteiger partial charge in [-0.2, -0.15) is 0 Å². The maximum absolute atomic E-state index is 5.50. The molecule has 1 atom stereocenters. The van der Waals surface area contributed by atoms with Gasteiger partial charge in [-0.05, 0) is 47.9 Å². The van der Waals surface area contributed by atoms with Crippen molar-refractivity contribution in [1.29, 1.82) is 0 Å². The molecule has 1 N–H and O–H groups in total. The van der Waals surface area contributed by atoms with Gasteiger partial charge in [-0.3, -0.25) is 0 Å². The third kappa shape index (κ3) is 2.67. The van der Waals surface area contributed by atoms with Gasteiger partial charge >= 0.3 is 0 Å². The molecule has 0 amide bonds. The van der Waals surface area contributed by atoms with E-state index in [2.05, 4.69) is 48.6 Å². The Morgan fingerprint density at radius 2 is 1.76 bits per heavy atom. The van der Waals surface area contributed by atoms with E-state index in [9.17, 15) is 0 Å². The molecule has 110 valence electrons. The number of nitrogens with one attached hydrogen (secondary N) is 1. The largest absolute Gasteiger partial charge is 0.496 e. The van der Waals surface area contributed by atoms with Gasteiger partial charge in [0.15, 0.2) is 0 Å². The quantitative estimate of drug-likeness (QED) is 0.933. The molecule has 21 heavy (non-hydrogen) atoms. The summed E-state index contributed by atoms with van der Waals surface area (Å²) >= 11 is 0. The maximum Gasteiger partial charge on any atom is 0.122 e. The number of methoxy groups -OCH3 is 1. The molecule has 0 spiro atoms. The lowest BCUT2D eigenvalue weighted by Crippen LogP contribution is -2.18. The van der Waals surface area contributed by atoms with Crippen LogP contribution >= 0.6 is 0 Å². The summed E-state index contributed by atoms with van der Waals surface area (Å²) in [5.74, 6) is 0.928. The van der Waals surface area contributed by atoms with Crippen molar-refractivity contribution < 1.29 is 9.47 Å². The van der Waals surface area contributed by atoms with Crippen LogP contribution in [-0.4, -0.2) is 14.2 Å². The van der Waals surface area contributed by atoms with Crippen LogP contribution in [0.25, 0.3) is 0 Å². The first-order valence-corrected chi connectivity index (χ1v) is 7.24. The van der Waals surface area contributed by atoms with Gasteiger partial charge in [-0.15, -0.1) is 0 Å². The van der Waals surface area contributed by atoms with E-state index >= 15 is 0 Å². The van der Waals surface area contributed by atoms with Crippen molar-refractivity contribution >= 4 is 0 Å². The first-order chi connectivity index (χ1) is 10.2. The Balaban J connectivity index is 1.98. The van der Waals surface area contributed by atoms with Crippen LogP contribution in [0.1, 0.15) is 33.9 Å². The Morgan fingerprint density at radius 1 is 1.05 bits per heavy atom. The molecule has 0 bridgehead atoms. The van der Waals surface area contributed by atoms with Crippen molar-refractivity contribution in [3.05, 3.63) is 64.2 Å². The number of fused-ring (bicyclic) bond motifs is 1. The van der Waals surface area contributed by atoms with Crippen molar-refractivity contribution in [3.63, 3.8) is 0 Å². The molecule has 0 saturated heterocycles. The summed E-state index contributed by atoms with van der Waals surface area (Å²) in [5.41, 5.74) is 6.21. The smallest absolute Gasteiger partial charge is 0.122 e. The molecule has 2 aromatic rings. The third-order valence-corrected chi connectivity index (χ3v) is 4.13. The van der Waals surface area contributed by atoms with Crippen LogP contribution in [0.2, 0.25) is 0 Å².